The van der Waals surface area contributed by atoms with E-state index in [0.717, 1.165) is 10.4 Å². The zero-order valence-electron chi connectivity index (χ0n) is 18.9. The summed E-state index contributed by atoms with van der Waals surface area (Å²) in [5.74, 6) is -0.629. The Morgan fingerprint density at radius 1 is 0.971 bits per heavy atom. The summed E-state index contributed by atoms with van der Waals surface area (Å²) in [7, 11) is 4.46. The van der Waals surface area contributed by atoms with Crippen LogP contribution in [-0.2, 0) is 9.59 Å². The number of anilines is 1. The van der Waals surface area contributed by atoms with Gasteiger partial charge < -0.3 is 19.3 Å². The van der Waals surface area contributed by atoms with E-state index in [1.54, 1.807) is 30.3 Å². The number of hydrogen-bond acceptors (Lipinski definition) is 7. The summed E-state index contributed by atoms with van der Waals surface area (Å²) in [6.07, 6.45) is 0. The van der Waals surface area contributed by atoms with Gasteiger partial charge in [-0.1, -0.05) is 11.6 Å². The third kappa shape index (κ3) is 3.89. The van der Waals surface area contributed by atoms with Crippen LogP contribution in [0.2, 0.25) is 5.02 Å². The minimum absolute atomic E-state index is 0.0188. The number of thiophene rings is 1. The number of nitrogens with zero attached hydrogens (tertiary/aromatic N) is 1. The maximum Gasteiger partial charge on any atom is 0.300 e. The molecular formula is C25H22ClNO6S. The molecule has 0 aliphatic carbocycles. The van der Waals surface area contributed by atoms with E-state index in [1.165, 1.54) is 43.6 Å². The van der Waals surface area contributed by atoms with E-state index in [-0.39, 0.29) is 11.3 Å². The molecule has 34 heavy (non-hydrogen) atoms. The Kier molecular flexibility index (Phi) is 6.54. The Morgan fingerprint density at radius 2 is 1.68 bits per heavy atom. The molecule has 3 aromatic rings. The molecule has 1 unspecified atom stereocenters. The SMILES string of the molecule is COc1cc(/C(O)=C2/C(=O)C(=O)N(c3ccc(OC)c(OC)c3)C2c2sccc2C)ccc1Cl. The van der Waals surface area contributed by atoms with Gasteiger partial charge in [0, 0.05) is 22.2 Å². The number of Topliss-reactive ketones (excluding diaryl/α,β-unsaturated/α-hetero) is 1. The topological polar surface area (TPSA) is 85.3 Å². The van der Waals surface area contributed by atoms with Crippen molar-refractivity contribution < 1.29 is 28.9 Å². The lowest BCUT2D eigenvalue weighted by molar-refractivity contribution is -0.132. The second-order valence-corrected chi connectivity index (χ2v) is 8.88. The average Bonchev–Trinajstić information content (AvgIpc) is 3.38. The van der Waals surface area contributed by atoms with E-state index >= 15 is 0 Å². The number of benzene rings is 2. The number of rotatable bonds is 6. The number of hydrogen-bond donors (Lipinski definition) is 1. The van der Waals surface area contributed by atoms with Gasteiger partial charge in [0.2, 0.25) is 0 Å². The van der Waals surface area contributed by atoms with Gasteiger partial charge in [-0.3, -0.25) is 14.5 Å². The third-order valence-electron chi connectivity index (χ3n) is 5.66. The average molecular weight is 500 g/mol. The number of carbonyl (C=O) groups is 2. The van der Waals surface area contributed by atoms with E-state index in [1.807, 2.05) is 18.4 Å². The minimum Gasteiger partial charge on any atom is -0.507 e. The second-order valence-electron chi connectivity index (χ2n) is 7.53. The van der Waals surface area contributed by atoms with Crippen LogP contribution < -0.4 is 19.1 Å². The summed E-state index contributed by atoms with van der Waals surface area (Å²) >= 11 is 7.53. The first-order valence-corrected chi connectivity index (χ1v) is 11.5. The Morgan fingerprint density at radius 3 is 2.29 bits per heavy atom. The number of ether oxygens (including phenoxy) is 3. The highest BCUT2D eigenvalue weighted by Gasteiger charge is 2.48. The highest BCUT2D eigenvalue weighted by atomic mass is 35.5. The summed E-state index contributed by atoms with van der Waals surface area (Å²) in [5, 5.41) is 13.5. The fourth-order valence-corrected chi connectivity index (χ4v) is 5.17. The second kappa shape index (κ2) is 9.40. The summed E-state index contributed by atoms with van der Waals surface area (Å²) < 4.78 is 15.9. The van der Waals surface area contributed by atoms with Gasteiger partial charge in [0.15, 0.2) is 11.5 Å². The van der Waals surface area contributed by atoms with Crippen LogP contribution >= 0.6 is 22.9 Å². The number of halogens is 1. The number of amides is 1. The van der Waals surface area contributed by atoms with Crippen molar-refractivity contribution in [1.82, 2.24) is 0 Å². The third-order valence-corrected chi connectivity index (χ3v) is 7.05. The molecule has 7 nitrogen and oxygen atoms in total. The molecule has 0 bridgehead atoms. The van der Waals surface area contributed by atoms with Gasteiger partial charge in [-0.2, -0.15) is 0 Å². The smallest absolute Gasteiger partial charge is 0.300 e. The molecule has 0 radical (unpaired) electrons. The highest BCUT2D eigenvalue weighted by Crippen LogP contribution is 2.46. The molecule has 1 aliphatic rings. The van der Waals surface area contributed by atoms with Crippen molar-refractivity contribution in [3.8, 4) is 17.2 Å². The van der Waals surface area contributed by atoms with Crippen LogP contribution in [0.3, 0.4) is 0 Å². The molecule has 1 amide bonds. The van der Waals surface area contributed by atoms with E-state index in [9.17, 15) is 14.7 Å². The van der Waals surface area contributed by atoms with Crippen LogP contribution in [0.15, 0.2) is 53.4 Å². The van der Waals surface area contributed by atoms with E-state index < -0.39 is 17.7 Å². The largest absolute Gasteiger partial charge is 0.507 e. The maximum atomic E-state index is 13.3. The lowest BCUT2D eigenvalue weighted by Crippen LogP contribution is -2.29. The Labute approximate surface area is 205 Å². The first-order chi connectivity index (χ1) is 16.3. The minimum atomic E-state index is -0.834. The maximum absolute atomic E-state index is 13.3. The number of carbonyl (C=O) groups excluding carboxylic acids is 2. The molecule has 176 valence electrons. The molecule has 0 spiro atoms. The van der Waals surface area contributed by atoms with Crippen LogP contribution in [0.5, 0.6) is 17.2 Å². The number of aryl methyl sites for hydroxylation is 1. The van der Waals surface area contributed by atoms with Crippen molar-refractivity contribution in [1.29, 1.82) is 0 Å². The fourth-order valence-electron chi connectivity index (χ4n) is 3.95. The molecule has 1 aliphatic heterocycles. The Balaban J connectivity index is 1.95. The molecule has 2 aromatic carbocycles. The molecular weight excluding hydrogens is 478 g/mol. The molecule has 1 fully saturated rings. The van der Waals surface area contributed by atoms with Crippen LogP contribution in [0, 0.1) is 6.92 Å². The van der Waals surface area contributed by atoms with Gasteiger partial charge >= 0.3 is 0 Å². The molecule has 4 rings (SSSR count). The molecule has 1 aromatic heterocycles. The summed E-state index contributed by atoms with van der Waals surface area (Å²) in [4.78, 5) is 28.8. The van der Waals surface area contributed by atoms with Crippen molar-refractivity contribution in [2.24, 2.45) is 0 Å². The van der Waals surface area contributed by atoms with Crippen molar-refractivity contribution >= 4 is 46.1 Å². The molecule has 0 saturated carbocycles. The van der Waals surface area contributed by atoms with Crippen molar-refractivity contribution in [2.75, 3.05) is 26.2 Å². The number of methoxy groups -OCH3 is 3. The number of aliphatic hydroxyl groups excluding tert-OH is 1. The number of aliphatic hydroxyl groups is 1. The Hall–Kier alpha value is -3.49. The van der Waals surface area contributed by atoms with Crippen LogP contribution in [0.25, 0.3) is 5.76 Å². The van der Waals surface area contributed by atoms with Gasteiger partial charge in [0.1, 0.15) is 17.6 Å². The van der Waals surface area contributed by atoms with Crippen molar-refractivity contribution in [3.63, 3.8) is 0 Å². The van der Waals surface area contributed by atoms with Crippen LogP contribution in [0.4, 0.5) is 5.69 Å². The zero-order valence-corrected chi connectivity index (χ0v) is 20.5. The summed E-state index contributed by atoms with van der Waals surface area (Å²) in [6, 6.07) is 10.7. The number of ketones is 1. The fraction of sp³-hybridized carbons (Fsp3) is 0.200. The standard InChI is InChI=1S/C25H22ClNO6S/c1-13-9-10-34-24(13)21-20(22(28)14-5-7-16(26)18(11-14)32-3)23(29)25(30)27(21)15-6-8-17(31-2)19(12-15)33-4/h5-12,21,28H,1-4H3/b22-20-. The lowest BCUT2D eigenvalue weighted by Gasteiger charge is -2.25. The zero-order chi connectivity index (χ0) is 24.6. The van der Waals surface area contributed by atoms with Crippen LogP contribution in [-0.4, -0.2) is 38.1 Å². The molecule has 1 atom stereocenters. The predicted molar refractivity (Wildman–Crippen MR) is 131 cm³/mol. The lowest BCUT2D eigenvalue weighted by atomic mass is 9.98. The first kappa shape index (κ1) is 23.7. The molecule has 1 saturated heterocycles. The first-order valence-electron chi connectivity index (χ1n) is 10.2. The van der Waals surface area contributed by atoms with E-state index in [4.69, 9.17) is 25.8 Å². The van der Waals surface area contributed by atoms with Crippen LogP contribution in [0.1, 0.15) is 22.0 Å². The monoisotopic (exact) mass is 499 g/mol. The van der Waals surface area contributed by atoms with Gasteiger partial charge in [0.05, 0.1) is 31.9 Å². The van der Waals surface area contributed by atoms with E-state index in [2.05, 4.69) is 0 Å². The van der Waals surface area contributed by atoms with Gasteiger partial charge in [0.25, 0.3) is 11.7 Å². The van der Waals surface area contributed by atoms with Crippen molar-refractivity contribution in [3.05, 3.63) is 74.4 Å². The molecule has 9 heteroatoms. The van der Waals surface area contributed by atoms with Gasteiger partial charge in [-0.15, -0.1) is 11.3 Å². The molecule has 1 N–H and O–H groups in total. The van der Waals surface area contributed by atoms with Crippen molar-refractivity contribution in [2.45, 2.75) is 13.0 Å². The van der Waals surface area contributed by atoms with Gasteiger partial charge in [-0.25, -0.2) is 0 Å². The Bertz CT molecular complexity index is 1310. The quantitative estimate of drug-likeness (QED) is 0.279. The normalized spacial score (nSPS) is 17.2. The predicted octanol–water partition coefficient (Wildman–Crippen LogP) is 5.36. The summed E-state index contributed by atoms with van der Waals surface area (Å²) in [5.41, 5.74) is 1.62. The highest BCUT2D eigenvalue weighted by molar-refractivity contribution is 7.10. The summed E-state index contributed by atoms with van der Waals surface area (Å²) in [6.45, 7) is 1.89. The molecule has 2 heterocycles. The van der Waals surface area contributed by atoms with E-state index in [0.29, 0.717) is 33.5 Å². The van der Waals surface area contributed by atoms with Gasteiger partial charge in [-0.05, 0) is 54.3 Å².